The summed E-state index contributed by atoms with van der Waals surface area (Å²) in [4.78, 5) is 0.251. The van der Waals surface area contributed by atoms with Gasteiger partial charge in [-0.1, -0.05) is 36.9 Å². The van der Waals surface area contributed by atoms with Gasteiger partial charge in [-0.3, -0.25) is 0 Å². The third-order valence-corrected chi connectivity index (χ3v) is 2.68. The van der Waals surface area contributed by atoms with Crippen LogP contribution in [-0.4, -0.2) is 13.3 Å². The van der Waals surface area contributed by atoms with Crippen LogP contribution < -0.4 is 0 Å². The van der Waals surface area contributed by atoms with Crippen LogP contribution in [0.1, 0.15) is 12.5 Å². The summed E-state index contributed by atoms with van der Waals surface area (Å²) >= 11 is 0. The third-order valence-electron chi connectivity index (χ3n) is 1.81. The van der Waals surface area contributed by atoms with Gasteiger partial charge in [0, 0.05) is 5.57 Å². The van der Waals surface area contributed by atoms with Gasteiger partial charge < -0.3 is 0 Å². The molecule has 0 bridgehead atoms. The Labute approximate surface area is 84.7 Å². The molecule has 0 aliphatic rings. The van der Waals surface area contributed by atoms with Crippen LogP contribution in [0.3, 0.4) is 0 Å². The molecule has 0 spiro atoms. The van der Waals surface area contributed by atoms with Gasteiger partial charge in [0.25, 0.3) is 0 Å². The van der Waals surface area contributed by atoms with Gasteiger partial charge in [-0.25, -0.2) is 0 Å². The number of hydrogen-bond donors (Lipinski definition) is 0. The smallest absolute Gasteiger partial charge is 0.184 e. The quantitative estimate of drug-likeness (QED) is 0.320. The SMILES string of the molecule is C=C=C(C)C(c1ccccc1)=S(=O)=O. The average molecular weight is 206 g/mol. The summed E-state index contributed by atoms with van der Waals surface area (Å²) in [6.07, 6.45) is 0. The van der Waals surface area contributed by atoms with E-state index in [1.54, 1.807) is 31.2 Å². The molecule has 14 heavy (non-hydrogen) atoms. The average Bonchev–Trinajstić information content (AvgIpc) is 2.19. The fourth-order valence-electron chi connectivity index (χ4n) is 1.11. The highest BCUT2D eigenvalue weighted by Gasteiger charge is 2.06. The van der Waals surface area contributed by atoms with Crippen molar-refractivity contribution in [2.24, 2.45) is 0 Å². The summed E-state index contributed by atoms with van der Waals surface area (Å²) in [6.45, 7) is 5.10. The van der Waals surface area contributed by atoms with Crippen molar-refractivity contribution in [2.45, 2.75) is 6.92 Å². The van der Waals surface area contributed by atoms with E-state index >= 15 is 0 Å². The van der Waals surface area contributed by atoms with E-state index in [0.29, 0.717) is 11.1 Å². The Morgan fingerprint density at radius 3 is 2.29 bits per heavy atom. The molecular weight excluding hydrogens is 196 g/mol. The van der Waals surface area contributed by atoms with Crippen LogP contribution in [0.15, 0.2) is 48.2 Å². The van der Waals surface area contributed by atoms with Crippen LogP contribution in [0.25, 0.3) is 0 Å². The maximum Gasteiger partial charge on any atom is 0.222 e. The number of allylic oxidation sites excluding steroid dienone is 1. The highest BCUT2D eigenvalue weighted by atomic mass is 32.2. The molecule has 2 nitrogen and oxygen atoms in total. The maximum atomic E-state index is 11.0. The van der Waals surface area contributed by atoms with Gasteiger partial charge in [-0.05, 0) is 12.5 Å². The van der Waals surface area contributed by atoms with Gasteiger partial charge in [-0.15, -0.1) is 5.73 Å². The zero-order valence-electron chi connectivity index (χ0n) is 7.82. The molecule has 0 aliphatic heterocycles. The van der Waals surface area contributed by atoms with Crippen molar-refractivity contribution in [1.29, 1.82) is 0 Å². The Morgan fingerprint density at radius 2 is 1.86 bits per heavy atom. The van der Waals surface area contributed by atoms with E-state index in [1.807, 2.05) is 6.07 Å². The molecule has 0 fully saturated rings. The molecule has 0 saturated carbocycles. The molecule has 0 atom stereocenters. The number of hydrogen-bond acceptors (Lipinski definition) is 2. The second-order valence-corrected chi connectivity index (χ2v) is 3.61. The Bertz CT molecular complexity index is 495. The standard InChI is InChI=1S/C11H10O2S/c1-3-9(2)11(14(12)13)10-7-5-4-6-8-10/h4-8H,1H2,2H3. The lowest BCUT2D eigenvalue weighted by molar-refractivity contribution is 0.627. The van der Waals surface area contributed by atoms with E-state index in [1.165, 1.54) is 0 Å². The summed E-state index contributed by atoms with van der Waals surface area (Å²) in [5.74, 6) is 0. The Kier molecular flexibility index (Phi) is 3.46. The van der Waals surface area contributed by atoms with Gasteiger partial charge in [0.05, 0.1) is 0 Å². The van der Waals surface area contributed by atoms with Crippen molar-refractivity contribution in [3.8, 4) is 0 Å². The fourth-order valence-corrected chi connectivity index (χ4v) is 1.76. The maximum absolute atomic E-state index is 11.0. The molecule has 0 saturated heterocycles. The molecule has 1 rings (SSSR count). The van der Waals surface area contributed by atoms with Crippen molar-refractivity contribution in [1.82, 2.24) is 0 Å². The summed E-state index contributed by atoms with van der Waals surface area (Å²) in [5.41, 5.74) is 3.77. The van der Waals surface area contributed by atoms with Crippen LogP contribution >= 0.6 is 0 Å². The van der Waals surface area contributed by atoms with Crippen molar-refractivity contribution in [3.05, 3.63) is 53.8 Å². The minimum Gasteiger partial charge on any atom is -0.184 e. The van der Waals surface area contributed by atoms with Crippen LogP contribution in [0.5, 0.6) is 0 Å². The molecule has 0 amide bonds. The Hall–Kier alpha value is -1.57. The van der Waals surface area contributed by atoms with Crippen LogP contribution in [0.4, 0.5) is 0 Å². The lowest BCUT2D eigenvalue weighted by Gasteiger charge is -1.99. The Morgan fingerprint density at radius 1 is 1.29 bits per heavy atom. The molecule has 0 aliphatic carbocycles. The van der Waals surface area contributed by atoms with Crippen molar-refractivity contribution in [3.63, 3.8) is 0 Å². The third kappa shape index (κ3) is 2.22. The summed E-state index contributed by atoms with van der Waals surface area (Å²) < 4.78 is 21.9. The highest BCUT2D eigenvalue weighted by molar-refractivity contribution is 7.74. The molecule has 3 heteroatoms. The van der Waals surface area contributed by atoms with E-state index in [4.69, 9.17) is 0 Å². The molecule has 1 aromatic carbocycles. The largest absolute Gasteiger partial charge is 0.222 e. The molecule has 0 aromatic heterocycles. The molecular formula is C11H10O2S. The summed E-state index contributed by atoms with van der Waals surface area (Å²) in [5, 5.41) is 0. The van der Waals surface area contributed by atoms with Crippen molar-refractivity contribution < 1.29 is 8.42 Å². The first-order valence-corrected chi connectivity index (χ1v) is 5.13. The van der Waals surface area contributed by atoms with Crippen LogP contribution in [-0.2, 0) is 10.3 Å². The molecule has 0 unspecified atom stereocenters. The minimum absolute atomic E-state index is 0.251. The van der Waals surface area contributed by atoms with Gasteiger partial charge in [0.15, 0.2) is 0 Å². The normalized spacial score (nSPS) is 8.93. The highest BCUT2D eigenvalue weighted by Crippen LogP contribution is 2.06. The van der Waals surface area contributed by atoms with Gasteiger partial charge >= 0.3 is 0 Å². The van der Waals surface area contributed by atoms with Gasteiger partial charge in [0.1, 0.15) is 4.86 Å². The summed E-state index contributed by atoms with van der Waals surface area (Å²) in [6, 6.07) is 8.90. The molecule has 0 radical (unpaired) electrons. The first kappa shape index (κ1) is 10.5. The molecule has 0 N–H and O–H groups in total. The fraction of sp³-hybridized carbons (Fsp3) is 0.0909. The molecule has 1 aromatic rings. The zero-order chi connectivity index (χ0) is 10.6. The first-order valence-electron chi connectivity index (χ1n) is 4.05. The van der Waals surface area contributed by atoms with Crippen LogP contribution in [0.2, 0.25) is 0 Å². The molecule has 0 heterocycles. The number of benzene rings is 1. The van der Waals surface area contributed by atoms with Gasteiger partial charge in [0.2, 0.25) is 10.3 Å². The lowest BCUT2D eigenvalue weighted by atomic mass is 10.1. The first-order chi connectivity index (χ1) is 6.66. The van der Waals surface area contributed by atoms with Gasteiger partial charge in [-0.2, -0.15) is 8.42 Å². The van der Waals surface area contributed by atoms with E-state index in [-0.39, 0.29) is 4.86 Å². The monoisotopic (exact) mass is 206 g/mol. The molecule has 72 valence electrons. The van der Waals surface area contributed by atoms with E-state index in [0.717, 1.165) is 0 Å². The van der Waals surface area contributed by atoms with Crippen LogP contribution in [0, 0.1) is 0 Å². The van der Waals surface area contributed by atoms with E-state index < -0.39 is 10.3 Å². The number of rotatable bonds is 2. The topological polar surface area (TPSA) is 34.1 Å². The van der Waals surface area contributed by atoms with Crippen molar-refractivity contribution >= 4 is 15.2 Å². The van der Waals surface area contributed by atoms with E-state index in [9.17, 15) is 8.42 Å². The predicted octanol–water partition coefficient (Wildman–Crippen LogP) is 1.82. The zero-order valence-corrected chi connectivity index (χ0v) is 8.64. The Balaban J connectivity index is 3.46. The second kappa shape index (κ2) is 4.61. The lowest BCUT2D eigenvalue weighted by Crippen LogP contribution is -2.02. The minimum atomic E-state index is -2.26. The summed E-state index contributed by atoms with van der Waals surface area (Å²) in [7, 11) is -2.26. The predicted molar refractivity (Wildman–Crippen MR) is 57.8 cm³/mol. The second-order valence-electron chi connectivity index (χ2n) is 2.73. The van der Waals surface area contributed by atoms with Crippen molar-refractivity contribution in [2.75, 3.05) is 0 Å². The van der Waals surface area contributed by atoms with E-state index in [2.05, 4.69) is 12.3 Å².